The molecular weight excluding hydrogens is 338 g/mol. The average Bonchev–Trinajstić information content (AvgIpc) is 3.25. The van der Waals surface area contributed by atoms with Gasteiger partial charge >= 0.3 is 0 Å². The van der Waals surface area contributed by atoms with Crippen LogP contribution in [0.1, 0.15) is 33.3 Å². The monoisotopic (exact) mass is 369 g/mol. The lowest BCUT2D eigenvalue weighted by Crippen LogP contribution is -2.42. The van der Waals surface area contributed by atoms with Crippen molar-refractivity contribution in [3.05, 3.63) is 29.8 Å². The molecule has 2 rings (SSSR count). The number of aryl methyl sites for hydroxylation is 1. The van der Waals surface area contributed by atoms with E-state index in [1.807, 2.05) is 19.1 Å². The summed E-state index contributed by atoms with van der Waals surface area (Å²) in [5, 5.41) is 0.171. The minimum atomic E-state index is -3.37. The van der Waals surface area contributed by atoms with Gasteiger partial charge in [-0.25, -0.2) is 8.42 Å². The maximum Gasteiger partial charge on any atom is 0.243 e. The van der Waals surface area contributed by atoms with E-state index in [1.165, 1.54) is 0 Å². The SMILES string of the molecule is Cc1ccc(S(=O)(=O)N2C[C@H]2[C@H](C)CO[Si](C)(C)C(C)(C)C)cc1. The molecule has 0 amide bonds. The van der Waals surface area contributed by atoms with E-state index in [4.69, 9.17) is 4.43 Å². The maximum absolute atomic E-state index is 12.7. The Morgan fingerprint density at radius 2 is 1.79 bits per heavy atom. The van der Waals surface area contributed by atoms with Crippen LogP contribution in [0.4, 0.5) is 0 Å². The van der Waals surface area contributed by atoms with Crippen LogP contribution < -0.4 is 0 Å². The third kappa shape index (κ3) is 4.10. The second-order valence-electron chi connectivity index (χ2n) is 8.50. The Labute approximate surface area is 148 Å². The number of hydrogen-bond acceptors (Lipinski definition) is 3. The highest BCUT2D eigenvalue weighted by Gasteiger charge is 2.48. The first kappa shape index (κ1) is 19.6. The molecule has 4 nitrogen and oxygen atoms in total. The Balaban J connectivity index is 1.98. The summed E-state index contributed by atoms with van der Waals surface area (Å²) in [5.41, 5.74) is 1.06. The van der Waals surface area contributed by atoms with E-state index in [0.29, 0.717) is 18.0 Å². The average molecular weight is 370 g/mol. The lowest BCUT2D eigenvalue weighted by Gasteiger charge is -2.37. The highest BCUT2D eigenvalue weighted by Crippen LogP contribution is 2.38. The van der Waals surface area contributed by atoms with Crippen molar-refractivity contribution in [2.24, 2.45) is 5.92 Å². The number of rotatable bonds is 6. The van der Waals surface area contributed by atoms with Crippen molar-refractivity contribution >= 4 is 18.3 Å². The fourth-order valence-corrected chi connectivity index (χ4v) is 5.17. The lowest BCUT2D eigenvalue weighted by atomic mass is 10.1. The molecule has 0 radical (unpaired) electrons. The molecule has 1 unspecified atom stereocenters. The maximum atomic E-state index is 12.7. The molecule has 3 atom stereocenters. The summed E-state index contributed by atoms with van der Waals surface area (Å²) in [6, 6.07) is 7.12. The van der Waals surface area contributed by atoms with Crippen LogP contribution in [0, 0.1) is 12.8 Å². The number of nitrogens with zero attached hydrogens (tertiary/aromatic N) is 1. The summed E-state index contributed by atoms with van der Waals surface area (Å²) >= 11 is 0. The molecule has 0 bridgehead atoms. The van der Waals surface area contributed by atoms with Crippen LogP contribution in [0.25, 0.3) is 0 Å². The molecule has 0 spiro atoms. The van der Waals surface area contributed by atoms with Crippen LogP contribution in [-0.2, 0) is 14.4 Å². The molecule has 1 aliphatic rings. The Bertz CT molecular complexity index is 677. The number of sulfonamides is 1. The highest BCUT2D eigenvalue weighted by atomic mass is 32.2. The first-order valence-electron chi connectivity index (χ1n) is 8.59. The second kappa shape index (κ2) is 6.55. The van der Waals surface area contributed by atoms with Gasteiger partial charge in [0.1, 0.15) is 0 Å². The second-order valence-corrected chi connectivity index (χ2v) is 15.2. The molecule has 1 fully saturated rings. The Hall–Kier alpha value is -0.693. The fourth-order valence-electron chi connectivity index (χ4n) is 2.39. The molecule has 0 saturated carbocycles. The quantitative estimate of drug-likeness (QED) is 0.562. The first-order chi connectivity index (χ1) is 10.9. The summed E-state index contributed by atoms with van der Waals surface area (Å²) in [4.78, 5) is 0.383. The van der Waals surface area contributed by atoms with E-state index < -0.39 is 18.3 Å². The van der Waals surface area contributed by atoms with Crippen LogP contribution in [0.15, 0.2) is 29.2 Å². The van der Waals surface area contributed by atoms with Crippen molar-refractivity contribution in [3.8, 4) is 0 Å². The largest absolute Gasteiger partial charge is 0.416 e. The molecule has 1 aliphatic heterocycles. The summed E-state index contributed by atoms with van der Waals surface area (Å²) in [5.74, 6) is 0.208. The van der Waals surface area contributed by atoms with Crippen LogP contribution in [-0.4, -0.2) is 40.2 Å². The molecule has 0 aromatic heterocycles. The van der Waals surface area contributed by atoms with Gasteiger partial charge in [-0.05, 0) is 43.1 Å². The topological polar surface area (TPSA) is 46.4 Å². The van der Waals surface area contributed by atoms with Crippen molar-refractivity contribution in [2.75, 3.05) is 13.2 Å². The summed E-state index contributed by atoms with van der Waals surface area (Å²) in [6.45, 7) is 16.4. The van der Waals surface area contributed by atoms with E-state index in [-0.39, 0.29) is 17.0 Å². The normalized spacial score (nSPS) is 23.1. The van der Waals surface area contributed by atoms with E-state index in [1.54, 1.807) is 16.4 Å². The standard InChI is InChI=1S/C18H31NO3SSi/c1-14-8-10-16(11-9-14)23(20,21)19-12-17(19)15(2)13-22-24(6,7)18(3,4)5/h8-11,15,17H,12-13H2,1-7H3/t15-,17+,19?/m1/s1. The van der Waals surface area contributed by atoms with E-state index in [0.717, 1.165) is 5.56 Å². The van der Waals surface area contributed by atoms with Gasteiger partial charge in [-0.1, -0.05) is 45.4 Å². The zero-order valence-corrected chi connectivity index (χ0v) is 17.8. The van der Waals surface area contributed by atoms with Gasteiger partial charge in [0.15, 0.2) is 8.32 Å². The van der Waals surface area contributed by atoms with Gasteiger partial charge in [0.2, 0.25) is 10.0 Å². The Kier molecular flexibility index (Phi) is 5.36. The van der Waals surface area contributed by atoms with Crippen molar-refractivity contribution in [3.63, 3.8) is 0 Å². The highest BCUT2D eigenvalue weighted by molar-refractivity contribution is 7.89. The smallest absolute Gasteiger partial charge is 0.243 e. The van der Waals surface area contributed by atoms with Gasteiger partial charge in [0, 0.05) is 19.2 Å². The molecule has 0 aliphatic carbocycles. The zero-order valence-electron chi connectivity index (χ0n) is 16.0. The fraction of sp³-hybridized carbons (Fsp3) is 0.667. The lowest BCUT2D eigenvalue weighted by molar-refractivity contribution is 0.231. The van der Waals surface area contributed by atoms with E-state index in [2.05, 4.69) is 40.8 Å². The summed E-state index contributed by atoms with van der Waals surface area (Å²) < 4.78 is 33.2. The van der Waals surface area contributed by atoms with Gasteiger partial charge in [0.25, 0.3) is 0 Å². The summed E-state index contributed by atoms with van der Waals surface area (Å²) in [6.07, 6.45) is 0. The molecular formula is C18H31NO3SSi. The van der Waals surface area contributed by atoms with Gasteiger partial charge in [-0.3, -0.25) is 0 Å². The number of benzene rings is 1. The van der Waals surface area contributed by atoms with Crippen LogP contribution in [0.2, 0.25) is 18.1 Å². The molecule has 1 aromatic carbocycles. The van der Waals surface area contributed by atoms with Crippen molar-refractivity contribution in [2.45, 2.75) is 63.7 Å². The zero-order chi connectivity index (χ0) is 18.3. The Morgan fingerprint density at radius 1 is 1.25 bits per heavy atom. The van der Waals surface area contributed by atoms with Gasteiger partial charge in [0.05, 0.1) is 4.90 Å². The molecule has 1 heterocycles. The van der Waals surface area contributed by atoms with E-state index in [9.17, 15) is 8.42 Å². The van der Waals surface area contributed by atoms with Crippen molar-refractivity contribution < 1.29 is 12.8 Å². The van der Waals surface area contributed by atoms with Gasteiger partial charge < -0.3 is 4.43 Å². The van der Waals surface area contributed by atoms with Gasteiger partial charge in [-0.2, -0.15) is 4.31 Å². The van der Waals surface area contributed by atoms with Crippen LogP contribution in [0.3, 0.4) is 0 Å². The van der Waals surface area contributed by atoms with Crippen LogP contribution >= 0.6 is 0 Å². The molecule has 6 heteroatoms. The third-order valence-corrected chi connectivity index (χ3v) is 11.8. The Morgan fingerprint density at radius 3 is 2.29 bits per heavy atom. The molecule has 1 saturated heterocycles. The minimum absolute atomic E-state index is 0.0565. The van der Waals surface area contributed by atoms with Crippen molar-refractivity contribution in [1.82, 2.24) is 4.31 Å². The molecule has 136 valence electrons. The first-order valence-corrected chi connectivity index (χ1v) is 12.9. The van der Waals surface area contributed by atoms with Crippen molar-refractivity contribution in [1.29, 1.82) is 0 Å². The third-order valence-electron chi connectivity index (χ3n) is 5.40. The molecule has 24 heavy (non-hydrogen) atoms. The molecule has 1 aromatic rings. The predicted octanol–water partition coefficient (Wildman–Crippen LogP) is 4.03. The predicted molar refractivity (Wildman–Crippen MR) is 101 cm³/mol. The van der Waals surface area contributed by atoms with E-state index >= 15 is 0 Å². The minimum Gasteiger partial charge on any atom is -0.416 e. The summed E-state index contributed by atoms with van der Waals surface area (Å²) in [7, 11) is -5.16. The van der Waals surface area contributed by atoms with Gasteiger partial charge in [-0.15, -0.1) is 0 Å². The number of hydrogen-bond donors (Lipinski definition) is 0. The van der Waals surface area contributed by atoms with Crippen LogP contribution in [0.5, 0.6) is 0 Å². The molecule has 0 N–H and O–H groups in total.